The van der Waals surface area contributed by atoms with Crippen molar-refractivity contribution in [2.75, 3.05) is 17.9 Å². The highest BCUT2D eigenvalue weighted by Gasteiger charge is 1.98. The zero-order chi connectivity index (χ0) is 11.1. The molecule has 0 saturated heterocycles. The van der Waals surface area contributed by atoms with E-state index in [4.69, 9.17) is 23.2 Å². The molecule has 82 valence electrons. The van der Waals surface area contributed by atoms with E-state index in [9.17, 15) is 4.79 Å². The Morgan fingerprint density at radius 2 is 2.27 bits per heavy atom. The molecule has 1 aromatic heterocycles. The number of hydrogen-bond donors (Lipinski definition) is 3. The number of hydrogen-bond acceptors (Lipinski definition) is 3. The molecule has 3 N–H and O–H groups in total. The van der Waals surface area contributed by atoms with Gasteiger partial charge in [0.15, 0.2) is 0 Å². The van der Waals surface area contributed by atoms with Crippen LogP contribution in [0.3, 0.4) is 0 Å². The second-order valence-electron chi connectivity index (χ2n) is 2.54. The molecule has 1 aromatic rings. The van der Waals surface area contributed by atoms with Gasteiger partial charge in [-0.05, 0) is 12.1 Å². The van der Waals surface area contributed by atoms with Crippen molar-refractivity contribution in [3.05, 3.63) is 23.4 Å². The number of nitrogens with one attached hydrogen (secondary N) is 3. The number of carbonyl (C=O) groups is 1. The molecule has 0 bridgehead atoms. The summed E-state index contributed by atoms with van der Waals surface area (Å²) in [6.07, 6.45) is 0. The molecule has 2 amide bonds. The van der Waals surface area contributed by atoms with Gasteiger partial charge in [0.1, 0.15) is 11.0 Å². The van der Waals surface area contributed by atoms with Crippen LogP contribution < -0.4 is 16.2 Å². The maximum atomic E-state index is 11.1. The summed E-state index contributed by atoms with van der Waals surface area (Å²) in [6.45, 7) is 0.401. The Labute approximate surface area is 97.1 Å². The van der Waals surface area contributed by atoms with Gasteiger partial charge in [-0.25, -0.2) is 9.78 Å². The van der Waals surface area contributed by atoms with E-state index in [2.05, 4.69) is 21.2 Å². The van der Waals surface area contributed by atoms with Gasteiger partial charge in [0, 0.05) is 12.4 Å². The third kappa shape index (κ3) is 4.71. The lowest BCUT2D eigenvalue weighted by Crippen LogP contribution is -2.39. The van der Waals surface area contributed by atoms with Crippen molar-refractivity contribution >= 4 is 35.1 Å². The van der Waals surface area contributed by atoms with Gasteiger partial charge in [0.25, 0.3) is 0 Å². The van der Waals surface area contributed by atoms with E-state index in [1.165, 1.54) is 0 Å². The van der Waals surface area contributed by atoms with Crippen LogP contribution in [0.15, 0.2) is 18.2 Å². The molecule has 1 heterocycles. The average molecular weight is 249 g/mol. The molecule has 0 aliphatic carbocycles. The number of hydrazine groups is 1. The molecule has 5 nitrogen and oxygen atoms in total. The van der Waals surface area contributed by atoms with Crippen LogP contribution in [-0.2, 0) is 0 Å². The number of amides is 2. The molecule has 0 unspecified atom stereocenters. The zero-order valence-corrected chi connectivity index (χ0v) is 9.27. The number of rotatable bonds is 4. The Morgan fingerprint density at radius 1 is 1.47 bits per heavy atom. The Kier molecular flexibility index (Phi) is 5.00. The van der Waals surface area contributed by atoms with Crippen LogP contribution in [0.25, 0.3) is 0 Å². The van der Waals surface area contributed by atoms with Gasteiger partial charge in [-0.1, -0.05) is 17.7 Å². The fourth-order valence-electron chi connectivity index (χ4n) is 0.804. The van der Waals surface area contributed by atoms with E-state index >= 15 is 0 Å². The average Bonchev–Trinajstić information content (AvgIpc) is 2.23. The Bertz CT molecular complexity index is 334. The van der Waals surface area contributed by atoms with Gasteiger partial charge < -0.3 is 5.32 Å². The molecule has 7 heteroatoms. The molecular weight excluding hydrogens is 239 g/mol. The monoisotopic (exact) mass is 248 g/mol. The third-order valence-electron chi connectivity index (χ3n) is 1.40. The first-order chi connectivity index (χ1) is 7.22. The van der Waals surface area contributed by atoms with E-state index in [1.54, 1.807) is 18.2 Å². The highest BCUT2D eigenvalue weighted by molar-refractivity contribution is 6.29. The van der Waals surface area contributed by atoms with Crippen molar-refractivity contribution in [1.29, 1.82) is 0 Å². The van der Waals surface area contributed by atoms with Gasteiger partial charge in [-0.15, -0.1) is 11.6 Å². The molecular formula is C8H10Cl2N4O. The predicted octanol–water partition coefficient (Wildman–Crippen LogP) is 1.60. The molecule has 0 aliphatic heterocycles. The van der Waals surface area contributed by atoms with Crippen molar-refractivity contribution in [3.63, 3.8) is 0 Å². The van der Waals surface area contributed by atoms with Crippen LogP contribution in [-0.4, -0.2) is 23.4 Å². The maximum Gasteiger partial charge on any atom is 0.333 e. The van der Waals surface area contributed by atoms with E-state index in [0.29, 0.717) is 23.4 Å². The van der Waals surface area contributed by atoms with Crippen LogP contribution >= 0.6 is 23.2 Å². The number of alkyl halides is 1. The molecule has 0 saturated carbocycles. The highest BCUT2D eigenvalue weighted by Crippen LogP contribution is 2.07. The minimum atomic E-state index is -0.377. The first-order valence-corrected chi connectivity index (χ1v) is 5.12. The minimum absolute atomic E-state index is 0.350. The van der Waals surface area contributed by atoms with Crippen molar-refractivity contribution in [2.24, 2.45) is 0 Å². The summed E-state index contributed by atoms with van der Waals surface area (Å²) in [5.41, 5.74) is 4.97. The molecule has 0 fully saturated rings. The van der Waals surface area contributed by atoms with Crippen LogP contribution in [0.5, 0.6) is 0 Å². The van der Waals surface area contributed by atoms with Crippen molar-refractivity contribution in [3.8, 4) is 0 Å². The standard InChI is InChI=1S/C8H10Cl2N4O/c9-4-5-11-8(15)14-13-7-3-1-2-6(10)12-7/h1-3H,4-5H2,(H,12,13)(H2,11,14,15). The Hall–Kier alpha value is -1.20. The number of anilines is 1. The minimum Gasteiger partial charge on any atom is -0.336 e. The first-order valence-electron chi connectivity index (χ1n) is 4.21. The summed E-state index contributed by atoms with van der Waals surface area (Å²) < 4.78 is 0. The van der Waals surface area contributed by atoms with Crippen LogP contribution in [0.2, 0.25) is 5.15 Å². The lowest BCUT2D eigenvalue weighted by Gasteiger charge is -2.08. The van der Waals surface area contributed by atoms with Crippen molar-refractivity contribution in [1.82, 2.24) is 15.7 Å². The smallest absolute Gasteiger partial charge is 0.333 e. The molecule has 0 aliphatic rings. The number of urea groups is 1. The highest BCUT2D eigenvalue weighted by atomic mass is 35.5. The largest absolute Gasteiger partial charge is 0.336 e. The molecule has 15 heavy (non-hydrogen) atoms. The molecule has 0 radical (unpaired) electrons. The van der Waals surface area contributed by atoms with E-state index in [-0.39, 0.29) is 6.03 Å². The number of pyridine rings is 1. The number of nitrogens with zero attached hydrogens (tertiary/aromatic N) is 1. The fraction of sp³-hybridized carbons (Fsp3) is 0.250. The maximum absolute atomic E-state index is 11.1. The summed E-state index contributed by atoms with van der Waals surface area (Å²) in [7, 11) is 0. The van der Waals surface area contributed by atoms with Gasteiger partial charge in [-0.3, -0.25) is 10.9 Å². The number of aromatic nitrogens is 1. The van der Waals surface area contributed by atoms with Crippen LogP contribution in [0, 0.1) is 0 Å². The number of carbonyl (C=O) groups excluding carboxylic acids is 1. The van der Waals surface area contributed by atoms with Gasteiger partial charge >= 0.3 is 6.03 Å². The Balaban J connectivity index is 2.33. The topological polar surface area (TPSA) is 66.1 Å². The summed E-state index contributed by atoms with van der Waals surface area (Å²) >= 11 is 11.0. The number of halogens is 2. The lowest BCUT2D eigenvalue weighted by molar-refractivity contribution is 0.243. The third-order valence-corrected chi connectivity index (χ3v) is 1.80. The summed E-state index contributed by atoms with van der Waals surface area (Å²) in [4.78, 5) is 15.0. The quantitative estimate of drug-likeness (QED) is 0.431. The van der Waals surface area contributed by atoms with E-state index in [1.807, 2.05) is 0 Å². The second kappa shape index (κ2) is 6.31. The van der Waals surface area contributed by atoms with Gasteiger partial charge in [-0.2, -0.15) is 0 Å². The summed E-state index contributed by atoms with van der Waals surface area (Å²) in [5, 5.41) is 2.86. The molecule has 0 spiro atoms. The van der Waals surface area contributed by atoms with Crippen LogP contribution in [0.4, 0.5) is 10.6 Å². The van der Waals surface area contributed by atoms with Gasteiger partial charge in [0.2, 0.25) is 0 Å². The Morgan fingerprint density at radius 3 is 2.93 bits per heavy atom. The first kappa shape index (κ1) is 11.9. The van der Waals surface area contributed by atoms with Crippen LogP contribution in [0.1, 0.15) is 0 Å². The van der Waals surface area contributed by atoms with E-state index in [0.717, 1.165) is 0 Å². The van der Waals surface area contributed by atoms with Gasteiger partial charge in [0.05, 0.1) is 0 Å². The van der Waals surface area contributed by atoms with Crippen molar-refractivity contribution < 1.29 is 4.79 Å². The molecule has 1 rings (SSSR count). The second-order valence-corrected chi connectivity index (χ2v) is 3.31. The fourth-order valence-corrected chi connectivity index (χ4v) is 1.06. The summed E-state index contributed by atoms with van der Waals surface area (Å²) in [5.74, 6) is 0.826. The zero-order valence-electron chi connectivity index (χ0n) is 7.76. The normalized spacial score (nSPS) is 9.47. The van der Waals surface area contributed by atoms with E-state index < -0.39 is 0 Å². The lowest BCUT2D eigenvalue weighted by atomic mass is 10.5. The summed E-state index contributed by atoms with van der Waals surface area (Å²) in [6, 6.07) is 4.65. The van der Waals surface area contributed by atoms with Crippen molar-refractivity contribution in [2.45, 2.75) is 0 Å². The SMILES string of the molecule is O=C(NCCCl)NNc1cccc(Cl)n1. The predicted molar refractivity (Wildman–Crippen MR) is 60.1 cm³/mol. The molecule has 0 aromatic carbocycles. The molecule has 0 atom stereocenters.